The molecule has 0 aliphatic heterocycles. The number of halogens is 1. The Bertz CT molecular complexity index is 384. The first-order valence-corrected chi connectivity index (χ1v) is 7.04. The smallest absolute Gasteiger partial charge is 0.185 e. The highest BCUT2D eigenvalue weighted by Gasteiger charge is 2.20. The van der Waals surface area contributed by atoms with E-state index in [0.717, 1.165) is 16.2 Å². The van der Waals surface area contributed by atoms with Gasteiger partial charge in [-0.05, 0) is 18.1 Å². The molecule has 0 aliphatic rings. The summed E-state index contributed by atoms with van der Waals surface area (Å²) in [6, 6.07) is 7.23. The van der Waals surface area contributed by atoms with E-state index in [1.54, 1.807) is 12.1 Å². The van der Waals surface area contributed by atoms with Crippen molar-refractivity contribution in [3.63, 3.8) is 0 Å². The zero-order valence-electron chi connectivity index (χ0n) is 9.47. The van der Waals surface area contributed by atoms with Crippen molar-refractivity contribution in [3.05, 3.63) is 34.3 Å². The number of carbonyl (C=O) groups excluding carboxylic acids is 1. The second-order valence-corrected chi connectivity index (χ2v) is 5.79. The molecule has 1 rings (SSSR count). The topological polar surface area (TPSA) is 57.5 Å². The maximum absolute atomic E-state index is 10.7. The number of aliphatic hydroxyl groups excluding tert-OH is 2. The molecule has 2 N–H and O–H groups in total. The Morgan fingerprint density at radius 1 is 1.41 bits per heavy atom. The molecule has 0 aliphatic carbocycles. The van der Waals surface area contributed by atoms with E-state index in [2.05, 4.69) is 15.9 Å². The highest BCUT2D eigenvalue weighted by molar-refractivity contribution is 9.10. The average molecular weight is 319 g/mol. The molecule has 0 saturated carbocycles. The van der Waals surface area contributed by atoms with Gasteiger partial charge < -0.3 is 10.2 Å². The molecule has 0 spiro atoms. The van der Waals surface area contributed by atoms with Crippen molar-refractivity contribution in [2.45, 2.75) is 25.6 Å². The number of rotatable bonds is 5. The normalized spacial score (nSPS) is 14.4. The number of aliphatic hydroxyl groups is 2. The van der Waals surface area contributed by atoms with Crippen LogP contribution >= 0.6 is 27.7 Å². The van der Waals surface area contributed by atoms with Crippen molar-refractivity contribution in [2.75, 3.05) is 5.75 Å². The minimum absolute atomic E-state index is 0.0209. The predicted octanol–water partition coefficient (Wildman–Crippen LogP) is 2.51. The van der Waals surface area contributed by atoms with Crippen LogP contribution in [0.3, 0.4) is 0 Å². The summed E-state index contributed by atoms with van der Waals surface area (Å²) in [6.45, 7) is 1.49. The van der Waals surface area contributed by atoms with Gasteiger partial charge in [-0.1, -0.05) is 45.9 Å². The van der Waals surface area contributed by atoms with Crippen LogP contribution in [0.4, 0.5) is 0 Å². The van der Waals surface area contributed by atoms with E-state index in [9.17, 15) is 15.0 Å². The molecule has 0 saturated heterocycles. The van der Waals surface area contributed by atoms with Crippen molar-refractivity contribution in [1.29, 1.82) is 0 Å². The van der Waals surface area contributed by atoms with Crippen LogP contribution in [-0.2, 0) is 4.79 Å². The predicted molar refractivity (Wildman–Crippen MR) is 72.9 cm³/mol. The maximum Gasteiger partial charge on any atom is 0.185 e. The van der Waals surface area contributed by atoms with Gasteiger partial charge in [0, 0.05) is 17.1 Å². The van der Waals surface area contributed by atoms with Gasteiger partial charge in [0.2, 0.25) is 0 Å². The Morgan fingerprint density at radius 3 is 2.65 bits per heavy atom. The lowest BCUT2D eigenvalue weighted by atomic mass is 10.0. The van der Waals surface area contributed by atoms with Gasteiger partial charge in [-0.3, -0.25) is 4.79 Å². The summed E-state index contributed by atoms with van der Waals surface area (Å²) in [4.78, 5) is 10.7. The molecule has 0 radical (unpaired) electrons. The number of benzene rings is 1. The van der Waals surface area contributed by atoms with Gasteiger partial charge in [0.1, 0.15) is 6.10 Å². The fourth-order valence-electron chi connectivity index (χ4n) is 1.40. The number of hydrogen-bond acceptors (Lipinski definition) is 4. The Kier molecular flexibility index (Phi) is 6.19. The SMILES string of the molecule is CC(=O)SCCC(O)C(O)c1ccccc1Br. The largest absolute Gasteiger partial charge is 0.390 e. The molecule has 0 amide bonds. The summed E-state index contributed by atoms with van der Waals surface area (Å²) in [6.07, 6.45) is -1.41. The molecule has 17 heavy (non-hydrogen) atoms. The van der Waals surface area contributed by atoms with Gasteiger partial charge in [-0.2, -0.15) is 0 Å². The van der Waals surface area contributed by atoms with Crippen LogP contribution in [0.5, 0.6) is 0 Å². The Hall–Kier alpha value is -0.360. The number of carbonyl (C=O) groups is 1. The van der Waals surface area contributed by atoms with Crippen molar-refractivity contribution in [2.24, 2.45) is 0 Å². The van der Waals surface area contributed by atoms with Crippen LogP contribution in [0, 0.1) is 0 Å². The quantitative estimate of drug-likeness (QED) is 0.875. The third-order valence-electron chi connectivity index (χ3n) is 2.31. The van der Waals surface area contributed by atoms with Gasteiger partial charge in [0.15, 0.2) is 5.12 Å². The molecule has 0 aromatic heterocycles. The van der Waals surface area contributed by atoms with Crippen LogP contribution in [0.15, 0.2) is 28.7 Å². The Morgan fingerprint density at radius 2 is 2.06 bits per heavy atom. The summed E-state index contributed by atoms with van der Waals surface area (Å²) in [5.41, 5.74) is 0.660. The second-order valence-electron chi connectivity index (χ2n) is 3.66. The zero-order valence-corrected chi connectivity index (χ0v) is 11.9. The van der Waals surface area contributed by atoms with Gasteiger partial charge in [0.25, 0.3) is 0 Å². The third kappa shape index (κ3) is 4.79. The van der Waals surface area contributed by atoms with E-state index in [4.69, 9.17) is 0 Å². The minimum atomic E-state index is -0.932. The van der Waals surface area contributed by atoms with E-state index in [-0.39, 0.29) is 5.12 Å². The lowest BCUT2D eigenvalue weighted by molar-refractivity contribution is -0.109. The van der Waals surface area contributed by atoms with Crippen molar-refractivity contribution >= 4 is 32.8 Å². The molecule has 0 fully saturated rings. The maximum atomic E-state index is 10.7. The van der Waals surface area contributed by atoms with Gasteiger partial charge in [-0.15, -0.1) is 0 Å². The molecule has 3 nitrogen and oxygen atoms in total. The lowest BCUT2D eigenvalue weighted by Gasteiger charge is -2.18. The van der Waals surface area contributed by atoms with Crippen LogP contribution < -0.4 is 0 Å². The Balaban J connectivity index is 2.55. The first-order chi connectivity index (χ1) is 8.02. The van der Waals surface area contributed by atoms with Gasteiger partial charge in [-0.25, -0.2) is 0 Å². The van der Waals surface area contributed by atoms with Crippen LogP contribution in [0.25, 0.3) is 0 Å². The monoisotopic (exact) mass is 318 g/mol. The van der Waals surface area contributed by atoms with Crippen molar-refractivity contribution < 1.29 is 15.0 Å². The van der Waals surface area contributed by atoms with E-state index >= 15 is 0 Å². The molecule has 1 aromatic carbocycles. The molecule has 1 aromatic rings. The third-order valence-corrected chi connectivity index (χ3v) is 3.88. The highest BCUT2D eigenvalue weighted by Crippen LogP contribution is 2.27. The molecule has 2 atom stereocenters. The summed E-state index contributed by atoms with van der Waals surface area (Å²) >= 11 is 4.48. The first kappa shape index (κ1) is 14.7. The van der Waals surface area contributed by atoms with E-state index in [1.807, 2.05) is 12.1 Å². The number of thioether (sulfide) groups is 1. The van der Waals surface area contributed by atoms with Crippen molar-refractivity contribution in [3.8, 4) is 0 Å². The summed E-state index contributed by atoms with van der Waals surface area (Å²) in [5, 5.41) is 19.8. The molecule has 5 heteroatoms. The van der Waals surface area contributed by atoms with Crippen LogP contribution in [0.2, 0.25) is 0 Å². The highest BCUT2D eigenvalue weighted by atomic mass is 79.9. The van der Waals surface area contributed by atoms with E-state index in [0.29, 0.717) is 17.7 Å². The molecule has 2 unspecified atom stereocenters. The van der Waals surface area contributed by atoms with Crippen LogP contribution in [-0.4, -0.2) is 27.2 Å². The fraction of sp³-hybridized carbons (Fsp3) is 0.417. The van der Waals surface area contributed by atoms with Crippen molar-refractivity contribution in [1.82, 2.24) is 0 Å². The standard InChI is InChI=1S/C12H15BrO3S/c1-8(14)17-7-6-11(15)12(16)9-4-2-3-5-10(9)13/h2-5,11-12,15-16H,6-7H2,1H3. The number of hydrogen-bond donors (Lipinski definition) is 2. The van der Waals surface area contributed by atoms with Crippen LogP contribution in [0.1, 0.15) is 25.0 Å². The molecular formula is C12H15BrO3S. The summed E-state index contributed by atoms with van der Waals surface area (Å²) in [5.74, 6) is 0.512. The van der Waals surface area contributed by atoms with Gasteiger partial charge >= 0.3 is 0 Å². The van der Waals surface area contributed by atoms with E-state index in [1.165, 1.54) is 6.92 Å². The molecular weight excluding hydrogens is 304 g/mol. The lowest BCUT2D eigenvalue weighted by Crippen LogP contribution is -2.19. The fourth-order valence-corrected chi connectivity index (χ4v) is 2.57. The second kappa shape index (κ2) is 7.16. The summed E-state index contributed by atoms with van der Waals surface area (Å²) in [7, 11) is 0. The summed E-state index contributed by atoms with van der Waals surface area (Å²) < 4.78 is 0.769. The molecule has 0 bridgehead atoms. The zero-order chi connectivity index (χ0) is 12.8. The van der Waals surface area contributed by atoms with Gasteiger partial charge in [0.05, 0.1) is 6.10 Å². The van der Waals surface area contributed by atoms with E-state index < -0.39 is 12.2 Å². The Labute approximate surface area is 113 Å². The average Bonchev–Trinajstić information content (AvgIpc) is 2.28. The minimum Gasteiger partial charge on any atom is -0.390 e. The molecule has 0 heterocycles. The first-order valence-electron chi connectivity index (χ1n) is 5.26. The molecule has 94 valence electrons.